The summed E-state index contributed by atoms with van der Waals surface area (Å²) in [6, 6.07) is 9.07. The average Bonchev–Trinajstić information content (AvgIpc) is 3.46. The van der Waals surface area contributed by atoms with Gasteiger partial charge in [-0.25, -0.2) is 13.8 Å². The Morgan fingerprint density at radius 3 is 2.72 bits per heavy atom. The molecule has 13 heteroatoms. The smallest absolute Gasteiger partial charge is 0.496 e. The number of aromatic nitrogens is 3. The summed E-state index contributed by atoms with van der Waals surface area (Å²) in [7, 11) is 1.31. The Hall–Kier alpha value is -4.42. The summed E-state index contributed by atoms with van der Waals surface area (Å²) in [6.07, 6.45) is -3.35. The quantitative estimate of drug-likeness (QED) is 0.360. The molecule has 186 valence electrons. The third-order valence-electron chi connectivity index (χ3n) is 5.28. The third kappa shape index (κ3) is 4.72. The number of aromatic amines is 1. The molecule has 0 atom stereocenters. The predicted molar refractivity (Wildman–Crippen MR) is 116 cm³/mol. The molecule has 0 saturated carbocycles. The van der Waals surface area contributed by atoms with Gasteiger partial charge in [0.25, 0.3) is 0 Å². The van der Waals surface area contributed by atoms with Crippen LogP contribution in [0.5, 0.6) is 11.5 Å². The SMILES string of the molecule is COc1cc(OC(F)(F)F)ccc1-c1cc(CN2Cc3[nH]c(-c4cccc(F)c4F)nc3C=N2)on1. The van der Waals surface area contributed by atoms with Gasteiger partial charge in [0.1, 0.15) is 28.7 Å². The molecule has 0 aliphatic carbocycles. The summed E-state index contributed by atoms with van der Waals surface area (Å²) < 4.78 is 79.7. The van der Waals surface area contributed by atoms with E-state index in [4.69, 9.17) is 9.26 Å². The number of alkyl halides is 3. The van der Waals surface area contributed by atoms with E-state index in [1.165, 1.54) is 31.5 Å². The van der Waals surface area contributed by atoms with Crippen molar-refractivity contribution in [2.45, 2.75) is 19.5 Å². The summed E-state index contributed by atoms with van der Waals surface area (Å²) >= 11 is 0. The van der Waals surface area contributed by atoms with E-state index in [0.717, 1.165) is 18.2 Å². The van der Waals surface area contributed by atoms with Crippen molar-refractivity contribution in [2.24, 2.45) is 5.10 Å². The molecule has 2 aromatic heterocycles. The zero-order valence-corrected chi connectivity index (χ0v) is 18.4. The fourth-order valence-electron chi connectivity index (χ4n) is 3.70. The highest BCUT2D eigenvalue weighted by molar-refractivity contribution is 5.80. The molecular formula is C23H16F5N5O3. The number of benzene rings is 2. The van der Waals surface area contributed by atoms with Crippen LogP contribution in [0.4, 0.5) is 22.0 Å². The van der Waals surface area contributed by atoms with Crippen molar-refractivity contribution in [3.63, 3.8) is 0 Å². The summed E-state index contributed by atoms with van der Waals surface area (Å²) in [5, 5.41) is 9.91. The number of hydrazone groups is 1. The first-order valence-corrected chi connectivity index (χ1v) is 10.4. The van der Waals surface area contributed by atoms with Crippen LogP contribution in [0.15, 0.2) is 52.1 Å². The highest BCUT2D eigenvalue weighted by Crippen LogP contribution is 2.35. The van der Waals surface area contributed by atoms with Crippen LogP contribution in [-0.4, -0.2) is 39.8 Å². The number of fused-ring (bicyclic) bond motifs is 1. The number of hydrogen-bond acceptors (Lipinski definition) is 7. The predicted octanol–water partition coefficient (Wildman–Crippen LogP) is 5.27. The first-order valence-electron chi connectivity index (χ1n) is 10.4. The van der Waals surface area contributed by atoms with Gasteiger partial charge in [0.05, 0.1) is 37.7 Å². The molecule has 1 N–H and O–H groups in total. The maximum atomic E-state index is 14.1. The number of methoxy groups -OCH3 is 1. The minimum atomic E-state index is -4.83. The molecule has 0 spiro atoms. The van der Waals surface area contributed by atoms with Crippen molar-refractivity contribution >= 4 is 6.21 Å². The van der Waals surface area contributed by atoms with Gasteiger partial charge in [-0.05, 0) is 24.3 Å². The molecule has 2 aromatic carbocycles. The number of nitrogens with one attached hydrogen (secondary N) is 1. The molecule has 0 fully saturated rings. The Kier molecular flexibility index (Phi) is 5.82. The zero-order chi connectivity index (χ0) is 25.4. The fraction of sp³-hybridized carbons (Fsp3) is 0.174. The van der Waals surface area contributed by atoms with Crippen molar-refractivity contribution in [3.8, 4) is 34.1 Å². The Morgan fingerprint density at radius 2 is 1.94 bits per heavy atom. The van der Waals surface area contributed by atoms with E-state index in [1.54, 1.807) is 11.1 Å². The van der Waals surface area contributed by atoms with Crippen LogP contribution >= 0.6 is 0 Å². The van der Waals surface area contributed by atoms with Crippen LogP contribution < -0.4 is 9.47 Å². The number of hydrogen-bond donors (Lipinski definition) is 1. The van der Waals surface area contributed by atoms with Crippen LogP contribution in [0.3, 0.4) is 0 Å². The lowest BCUT2D eigenvalue weighted by Gasteiger charge is -2.19. The molecular weight excluding hydrogens is 489 g/mol. The van der Waals surface area contributed by atoms with Crippen molar-refractivity contribution < 1.29 is 35.9 Å². The topological polar surface area (TPSA) is 88.8 Å². The number of H-pyrrole nitrogens is 1. The zero-order valence-electron chi connectivity index (χ0n) is 18.4. The van der Waals surface area contributed by atoms with Crippen LogP contribution in [-0.2, 0) is 13.1 Å². The van der Waals surface area contributed by atoms with Crippen molar-refractivity contribution in [1.82, 2.24) is 20.1 Å². The second-order valence-corrected chi connectivity index (χ2v) is 7.71. The van der Waals surface area contributed by atoms with E-state index in [9.17, 15) is 22.0 Å². The van der Waals surface area contributed by atoms with Crippen LogP contribution in [0.25, 0.3) is 22.6 Å². The molecule has 8 nitrogen and oxygen atoms in total. The maximum absolute atomic E-state index is 14.1. The van der Waals surface area contributed by atoms with Gasteiger partial charge >= 0.3 is 6.36 Å². The van der Waals surface area contributed by atoms with Crippen LogP contribution in [0.1, 0.15) is 17.1 Å². The standard InChI is InChI=1S/C23H16F5N5O3/c1-34-20-8-12(35-23(26,27)28)5-6-14(20)17-7-13(36-32-17)10-33-11-19-18(9-29-33)30-22(31-19)15-3-2-4-16(24)21(15)25/h2-9H,10-11H2,1H3,(H,30,31). The molecule has 0 bridgehead atoms. The van der Waals surface area contributed by atoms with Crippen molar-refractivity contribution in [3.05, 3.63) is 71.2 Å². The monoisotopic (exact) mass is 505 g/mol. The summed E-state index contributed by atoms with van der Waals surface area (Å²) in [6.45, 7) is 0.474. The van der Waals surface area contributed by atoms with Crippen LogP contribution in [0, 0.1) is 11.6 Å². The van der Waals surface area contributed by atoms with Gasteiger partial charge in [-0.2, -0.15) is 5.10 Å². The number of imidazole rings is 1. The molecule has 5 rings (SSSR count). The first kappa shape index (κ1) is 23.3. The lowest BCUT2D eigenvalue weighted by atomic mass is 10.1. The van der Waals surface area contributed by atoms with Crippen LogP contribution in [0.2, 0.25) is 0 Å². The maximum Gasteiger partial charge on any atom is 0.573 e. The Morgan fingerprint density at radius 1 is 1.11 bits per heavy atom. The van der Waals surface area contributed by atoms with E-state index >= 15 is 0 Å². The molecule has 3 heterocycles. The average molecular weight is 505 g/mol. The van der Waals surface area contributed by atoms with Gasteiger partial charge in [0, 0.05) is 17.7 Å². The van der Waals surface area contributed by atoms with Gasteiger partial charge in [-0.1, -0.05) is 11.2 Å². The van der Waals surface area contributed by atoms with E-state index < -0.39 is 23.7 Å². The minimum absolute atomic E-state index is 0.00447. The number of nitrogens with zero attached hydrogens (tertiary/aromatic N) is 4. The van der Waals surface area contributed by atoms with Gasteiger partial charge < -0.3 is 19.0 Å². The van der Waals surface area contributed by atoms with E-state index in [1.807, 2.05) is 0 Å². The van der Waals surface area contributed by atoms with Gasteiger partial charge in [-0.15, -0.1) is 13.2 Å². The lowest BCUT2D eigenvalue weighted by Crippen LogP contribution is -2.21. The van der Waals surface area contributed by atoms with E-state index in [-0.39, 0.29) is 30.2 Å². The molecule has 1 aliphatic rings. The summed E-state index contributed by atoms with van der Waals surface area (Å²) in [4.78, 5) is 7.28. The third-order valence-corrected chi connectivity index (χ3v) is 5.28. The van der Waals surface area contributed by atoms with Crippen molar-refractivity contribution in [2.75, 3.05) is 7.11 Å². The summed E-state index contributed by atoms with van der Waals surface area (Å²) in [5.74, 6) is -1.69. The molecule has 4 aromatic rings. The second-order valence-electron chi connectivity index (χ2n) is 7.71. The molecule has 0 unspecified atom stereocenters. The largest absolute Gasteiger partial charge is 0.573 e. The Balaban J connectivity index is 1.31. The molecule has 0 amide bonds. The number of halogens is 5. The number of rotatable bonds is 6. The molecule has 0 saturated heterocycles. The Bertz CT molecular complexity index is 1450. The molecule has 1 aliphatic heterocycles. The summed E-state index contributed by atoms with van der Waals surface area (Å²) in [5.41, 5.74) is 1.89. The van der Waals surface area contributed by atoms with Gasteiger partial charge in [0.15, 0.2) is 17.4 Å². The fourth-order valence-corrected chi connectivity index (χ4v) is 3.70. The lowest BCUT2D eigenvalue weighted by molar-refractivity contribution is -0.274. The first-order chi connectivity index (χ1) is 17.2. The highest BCUT2D eigenvalue weighted by Gasteiger charge is 2.31. The minimum Gasteiger partial charge on any atom is -0.496 e. The van der Waals surface area contributed by atoms with Crippen molar-refractivity contribution in [1.29, 1.82) is 0 Å². The molecule has 0 radical (unpaired) electrons. The van der Waals surface area contributed by atoms with E-state index in [0.29, 0.717) is 28.4 Å². The van der Waals surface area contributed by atoms with Gasteiger partial charge in [-0.3, -0.25) is 5.01 Å². The second kappa shape index (κ2) is 8.98. The van der Waals surface area contributed by atoms with E-state index in [2.05, 4.69) is 25.0 Å². The normalized spacial score (nSPS) is 13.1. The number of ether oxygens (including phenoxy) is 2. The molecule has 36 heavy (non-hydrogen) atoms. The Labute approximate surface area is 199 Å². The van der Waals surface area contributed by atoms with Gasteiger partial charge in [0.2, 0.25) is 0 Å². The highest BCUT2D eigenvalue weighted by atomic mass is 19.4.